The third-order valence-electron chi connectivity index (χ3n) is 6.21. The van der Waals surface area contributed by atoms with Gasteiger partial charge >= 0.3 is 0 Å². The smallest absolute Gasteiger partial charge is 0.255 e. The number of methoxy groups -OCH3 is 1. The van der Waals surface area contributed by atoms with E-state index in [2.05, 4.69) is 5.32 Å². The topological polar surface area (TPSA) is 73.1 Å². The number of aliphatic imine (C=N–C) groups is 1. The molecule has 0 bridgehead atoms. The van der Waals surface area contributed by atoms with E-state index in [0.717, 1.165) is 47.4 Å². The summed E-state index contributed by atoms with van der Waals surface area (Å²) in [5, 5.41) is 4.41. The number of hydrogen-bond donors (Lipinski definition) is 1. The molecule has 0 atom stereocenters. The van der Waals surface area contributed by atoms with Crippen molar-refractivity contribution in [3.63, 3.8) is 0 Å². The van der Waals surface area contributed by atoms with E-state index in [1.54, 1.807) is 30.9 Å². The van der Waals surface area contributed by atoms with Gasteiger partial charge in [0.1, 0.15) is 17.4 Å². The van der Waals surface area contributed by atoms with Gasteiger partial charge in [0.25, 0.3) is 5.91 Å². The minimum Gasteiger partial charge on any atom is -0.493 e. The van der Waals surface area contributed by atoms with Crippen molar-refractivity contribution in [2.45, 2.75) is 38.8 Å². The summed E-state index contributed by atoms with van der Waals surface area (Å²) in [6.07, 6.45) is 7.48. The lowest BCUT2D eigenvalue weighted by Gasteiger charge is -2.12. The third-order valence-corrected chi connectivity index (χ3v) is 7.66. The monoisotopic (exact) mass is 534 g/mol. The maximum absolute atomic E-state index is 13.2. The molecule has 8 heteroatoms. The summed E-state index contributed by atoms with van der Waals surface area (Å²) < 4.78 is 16.9. The quantitative estimate of drug-likeness (QED) is 0.232. The van der Waals surface area contributed by atoms with Crippen molar-refractivity contribution < 1.29 is 18.7 Å². The maximum atomic E-state index is 13.2. The molecule has 190 valence electrons. The van der Waals surface area contributed by atoms with Crippen molar-refractivity contribution in [2.24, 2.45) is 4.99 Å². The van der Waals surface area contributed by atoms with E-state index >= 15 is 0 Å². The number of halogens is 1. The largest absolute Gasteiger partial charge is 0.493 e. The average Bonchev–Trinajstić information content (AvgIpc) is 3.58. The lowest BCUT2D eigenvalue weighted by atomic mass is 9.95. The van der Waals surface area contributed by atoms with Crippen molar-refractivity contribution in [2.75, 3.05) is 7.11 Å². The number of rotatable bonds is 9. The lowest BCUT2D eigenvalue weighted by molar-refractivity contribution is 0.0948. The molecule has 1 aliphatic carbocycles. The number of furan rings is 1. The van der Waals surface area contributed by atoms with E-state index in [4.69, 9.17) is 30.5 Å². The first-order valence-electron chi connectivity index (χ1n) is 12.1. The second-order valence-electron chi connectivity index (χ2n) is 8.74. The van der Waals surface area contributed by atoms with Gasteiger partial charge in [-0.1, -0.05) is 23.7 Å². The average molecular weight is 535 g/mol. The number of aryl methyl sites for hydroxylation is 1. The van der Waals surface area contributed by atoms with Crippen LogP contribution >= 0.6 is 22.9 Å². The number of thiophene rings is 1. The highest BCUT2D eigenvalue weighted by Gasteiger charge is 2.25. The molecule has 0 spiro atoms. The Morgan fingerprint density at radius 3 is 2.76 bits per heavy atom. The number of carbonyl (C=O) groups excluding carboxylic acids is 1. The van der Waals surface area contributed by atoms with Crippen molar-refractivity contribution in [3.8, 4) is 11.5 Å². The van der Waals surface area contributed by atoms with E-state index < -0.39 is 0 Å². The van der Waals surface area contributed by atoms with Crippen LogP contribution in [0.5, 0.6) is 11.5 Å². The van der Waals surface area contributed by atoms with Crippen LogP contribution in [0.25, 0.3) is 0 Å². The molecule has 0 aliphatic heterocycles. The van der Waals surface area contributed by atoms with Crippen LogP contribution in [0.2, 0.25) is 5.02 Å². The Labute approximate surface area is 224 Å². The van der Waals surface area contributed by atoms with Crippen LogP contribution in [0.15, 0.2) is 70.3 Å². The van der Waals surface area contributed by atoms with Crippen LogP contribution in [0.1, 0.15) is 50.5 Å². The molecular weight excluding hydrogens is 508 g/mol. The fourth-order valence-electron chi connectivity index (χ4n) is 4.30. The summed E-state index contributed by atoms with van der Waals surface area (Å²) in [5.74, 6) is 1.85. The zero-order chi connectivity index (χ0) is 25.6. The van der Waals surface area contributed by atoms with Gasteiger partial charge in [-0.3, -0.25) is 4.79 Å². The summed E-state index contributed by atoms with van der Waals surface area (Å²) in [7, 11) is 1.61. The number of benzene rings is 2. The molecule has 2 aromatic heterocycles. The predicted molar refractivity (Wildman–Crippen MR) is 147 cm³/mol. The summed E-state index contributed by atoms with van der Waals surface area (Å²) in [6.45, 7) is 0.743. The molecule has 0 fully saturated rings. The molecular formula is C29H27ClN2O4S. The molecule has 1 N–H and O–H groups in total. The number of ether oxygens (including phenoxy) is 2. The Hall–Kier alpha value is -3.55. The number of carbonyl (C=O) groups is 1. The number of amides is 1. The summed E-state index contributed by atoms with van der Waals surface area (Å²) >= 11 is 7.57. The highest BCUT2D eigenvalue weighted by Crippen LogP contribution is 2.40. The zero-order valence-electron chi connectivity index (χ0n) is 20.5. The Morgan fingerprint density at radius 2 is 1.97 bits per heavy atom. The van der Waals surface area contributed by atoms with Crippen molar-refractivity contribution in [1.82, 2.24) is 5.32 Å². The molecule has 37 heavy (non-hydrogen) atoms. The fourth-order valence-corrected chi connectivity index (χ4v) is 5.66. The van der Waals surface area contributed by atoms with Gasteiger partial charge in [0.15, 0.2) is 11.5 Å². The summed E-state index contributed by atoms with van der Waals surface area (Å²) in [6, 6.07) is 16.9. The Kier molecular flexibility index (Phi) is 7.92. The third kappa shape index (κ3) is 6.06. The van der Waals surface area contributed by atoms with Crippen LogP contribution in [0, 0.1) is 0 Å². The second-order valence-corrected chi connectivity index (χ2v) is 10.3. The van der Waals surface area contributed by atoms with Gasteiger partial charge in [-0.05, 0) is 84.8 Å². The Bertz CT molecular complexity index is 1390. The molecule has 4 aromatic rings. The Morgan fingerprint density at radius 1 is 1.14 bits per heavy atom. The van der Waals surface area contributed by atoms with Gasteiger partial charge in [0.2, 0.25) is 0 Å². The van der Waals surface area contributed by atoms with Crippen LogP contribution in [0.4, 0.5) is 5.00 Å². The van der Waals surface area contributed by atoms with Crippen molar-refractivity contribution in [1.29, 1.82) is 0 Å². The molecule has 0 radical (unpaired) electrons. The highest BCUT2D eigenvalue weighted by atomic mass is 35.5. The molecule has 2 aromatic carbocycles. The predicted octanol–water partition coefficient (Wildman–Crippen LogP) is 7.14. The van der Waals surface area contributed by atoms with Crippen LogP contribution in [-0.4, -0.2) is 19.2 Å². The first kappa shape index (κ1) is 25.1. The molecule has 0 unspecified atom stereocenters. The molecule has 5 rings (SSSR count). The van der Waals surface area contributed by atoms with Gasteiger partial charge in [-0.2, -0.15) is 0 Å². The zero-order valence-corrected chi connectivity index (χ0v) is 22.0. The molecule has 0 saturated heterocycles. The second kappa shape index (κ2) is 11.7. The first-order chi connectivity index (χ1) is 18.1. The van der Waals surface area contributed by atoms with E-state index in [-0.39, 0.29) is 5.91 Å². The van der Waals surface area contributed by atoms with Gasteiger partial charge in [0, 0.05) is 16.1 Å². The number of nitrogens with one attached hydrogen (secondary N) is 1. The number of nitrogens with zero attached hydrogens (tertiary/aromatic N) is 1. The van der Waals surface area contributed by atoms with Gasteiger partial charge in [-0.15, -0.1) is 11.3 Å². The van der Waals surface area contributed by atoms with Gasteiger partial charge < -0.3 is 19.2 Å². The van der Waals surface area contributed by atoms with Gasteiger partial charge in [-0.25, -0.2) is 4.99 Å². The van der Waals surface area contributed by atoms with E-state index in [1.165, 1.54) is 4.88 Å². The normalized spacial score (nSPS) is 12.9. The highest BCUT2D eigenvalue weighted by molar-refractivity contribution is 7.16. The van der Waals surface area contributed by atoms with E-state index in [1.807, 2.05) is 54.6 Å². The fraction of sp³-hybridized carbons (Fsp3) is 0.241. The van der Waals surface area contributed by atoms with E-state index in [9.17, 15) is 4.79 Å². The van der Waals surface area contributed by atoms with Crippen LogP contribution < -0.4 is 14.8 Å². The van der Waals surface area contributed by atoms with E-state index in [0.29, 0.717) is 41.0 Å². The van der Waals surface area contributed by atoms with Crippen molar-refractivity contribution in [3.05, 3.63) is 98.8 Å². The Balaban J connectivity index is 1.34. The molecule has 1 amide bonds. The maximum Gasteiger partial charge on any atom is 0.255 e. The lowest BCUT2D eigenvalue weighted by Crippen LogP contribution is -2.23. The summed E-state index contributed by atoms with van der Waals surface area (Å²) in [5.41, 5.74) is 3.67. The van der Waals surface area contributed by atoms with Crippen molar-refractivity contribution >= 4 is 40.1 Å². The SMILES string of the molecule is COc1cc(C=Nc2sc3c(c2C(=O)NCc2ccco2)CCCC3)ccc1OCc1ccc(Cl)cc1. The minimum absolute atomic E-state index is 0.119. The number of hydrogen-bond acceptors (Lipinski definition) is 6. The minimum atomic E-state index is -0.119. The summed E-state index contributed by atoms with van der Waals surface area (Å²) in [4.78, 5) is 19.2. The molecule has 2 heterocycles. The van der Waals surface area contributed by atoms with Crippen LogP contribution in [-0.2, 0) is 26.0 Å². The van der Waals surface area contributed by atoms with Crippen LogP contribution in [0.3, 0.4) is 0 Å². The molecule has 0 saturated carbocycles. The standard InChI is InChI=1S/C29H27ClN2O4S/c1-34-25-15-20(10-13-24(25)36-18-19-8-11-21(30)12-9-19)16-32-29-27(23-6-2-3-7-26(23)37-29)28(33)31-17-22-5-4-14-35-22/h4-5,8-16H,2-3,6-7,17-18H2,1H3,(H,31,33). The molecule has 1 aliphatic rings. The molecule has 6 nitrogen and oxygen atoms in total. The number of fused-ring (bicyclic) bond motifs is 1. The first-order valence-corrected chi connectivity index (χ1v) is 13.3. The van der Waals surface area contributed by atoms with Gasteiger partial charge in [0.05, 0.1) is 25.5 Å².